The monoisotopic (exact) mass is 353 g/mol. The second-order valence-electron chi connectivity index (χ2n) is 7.07. The number of hydrogen-bond donors (Lipinski definition) is 0. The van der Waals surface area contributed by atoms with Crippen molar-refractivity contribution in [1.82, 2.24) is 4.90 Å². The molecule has 5 heteroatoms. The number of hydrogen-bond acceptors (Lipinski definition) is 3. The van der Waals surface area contributed by atoms with Crippen LogP contribution >= 0.6 is 0 Å². The Bertz CT molecular complexity index is 872. The summed E-state index contributed by atoms with van der Waals surface area (Å²) in [7, 11) is 1.60. The second kappa shape index (κ2) is 6.56. The lowest BCUT2D eigenvalue weighted by atomic mass is 10.00. The Kier molecular flexibility index (Phi) is 4.23. The Hall–Kier alpha value is -2.69. The van der Waals surface area contributed by atoms with Gasteiger partial charge in [0.1, 0.15) is 11.6 Å². The fourth-order valence-electron chi connectivity index (χ4n) is 3.38. The van der Waals surface area contributed by atoms with Crippen LogP contribution in [-0.2, 0) is 13.1 Å². The van der Waals surface area contributed by atoms with Gasteiger partial charge in [-0.15, -0.1) is 0 Å². The van der Waals surface area contributed by atoms with Crippen LogP contribution in [0.4, 0.5) is 4.39 Å². The van der Waals surface area contributed by atoms with Crippen molar-refractivity contribution in [3.8, 4) is 5.75 Å². The highest BCUT2D eigenvalue weighted by Gasteiger charge is 2.31. The number of Topliss-reactive ketones (excluding diaryl/α,β-unsaturated/α-hetero) is 1. The number of ketones is 1. The fraction of sp³-hybridized carbons (Fsp3) is 0.333. The first-order chi connectivity index (χ1) is 12.5. The molecule has 134 valence electrons. The molecule has 1 amide bonds. The maximum absolute atomic E-state index is 14.4. The van der Waals surface area contributed by atoms with Gasteiger partial charge in [-0.2, -0.15) is 0 Å². The summed E-state index contributed by atoms with van der Waals surface area (Å²) in [5.41, 5.74) is 2.18. The summed E-state index contributed by atoms with van der Waals surface area (Å²) in [4.78, 5) is 26.5. The van der Waals surface area contributed by atoms with Crippen molar-refractivity contribution in [3.63, 3.8) is 0 Å². The summed E-state index contributed by atoms with van der Waals surface area (Å²) in [6, 6.07) is 10.3. The van der Waals surface area contributed by atoms with Crippen molar-refractivity contribution in [3.05, 3.63) is 64.5 Å². The second-order valence-corrected chi connectivity index (χ2v) is 7.07. The number of fused-ring (bicyclic) bond motifs is 1. The Balaban J connectivity index is 1.53. The van der Waals surface area contributed by atoms with Crippen molar-refractivity contribution in [1.29, 1.82) is 0 Å². The van der Waals surface area contributed by atoms with Crippen LogP contribution in [0.2, 0.25) is 0 Å². The van der Waals surface area contributed by atoms with Crippen molar-refractivity contribution in [2.45, 2.75) is 32.4 Å². The van der Waals surface area contributed by atoms with Gasteiger partial charge < -0.3 is 9.64 Å². The van der Waals surface area contributed by atoms with E-state index in [0.717, 1.165) is 29.7 Å². The van der Waals surface area contributed by atoms with Gasteiger partial charge in [0, 0.05) is 25.1 Å². The van der Waals surface area contributed by atoms with Crippen LogP contribution < -0.4 is 4.74 Å². The number of benzene rings is 2. The molecule has 0 spiro atoms. The first kappa shape index (κ1) is 16.8. The molecule has 0 unspecified atom stereocenters. The van der Waals surface area contributed by atoms with Gasteiger partial charge in [-0.25, -0.2) is 4.39 Å². The summed E-state index contributed by atoms with van der Waals surface area (Å²) >= 11 is 0. The quantitative estimate of drug-likeness (QED) is 0.738. The average Bonchev–Trinajstić information content (AvgIpc) is 3.40. The van der Waals surface area contributed by atoms with E-state index in [1.165, 1.54) is 6.07 Å². The van der Waals surface area contributed by atoms with E-state index in [4.69, 9.17) is 4.74 Å². The zero-order valence-electron chi connectivity index (χ0n) is 14.6. The molecule has 26 heavy (non-hydrogen) atoms. The van der Waals surface area contributed by atoms with Gasteiger partial charge >= 0.3 is 0 Å². The Labute approximate surface area is 151 Å². The molecule has 0 N–H and O–H groups in total. The molecular weight excluding hydrogens is 333 g/mol. The Morgan fingerprint density at radius 3 is 2.62 bits per heavy atom. The molecule has 1 fully saturated rings. The van der Waals surface area contributed by atoms with Crippen molar-refractivity contribution in [2.75, 3.05) is 7.11 Å². The SMILES string of the molecule is COc1ccc(CN2Cc3cc(C(=O)CC4CC4)c(F)cc3C2=O)cc1. The van der Waals surface area contributed by atoms with Crippen molar-refractivity contribution in [2.24, 2.45) is 5.92 Å². The van der Waals surface area contributed by atoms with E-state index in [1.807, 2.05) is 24.3 Å². The highest BCUT2D eigenvalue weighted by atomic mass is 19.1. The summed E-state index contributed by atoms with van der Waals surface area (Å²) in [6.45, 7) is 0.828. The maximum Gasteiger partial charge on any atom is 0.254 e. The normalized spacial score (nSPS) is 15.9. The lowest BCUT2D eigenvalue weighted by Gasteiger charge is -2.15. The van der Waals surface area contributed by atoms with Gasteiger partial charge in [-0.05, 0) is 54.2 Å². The third kappa shape index (κ3) is 3.21. The molecule has 1 aliphatic carbocycles. The van der Waals surface area contributed by atoms with E-state index in [2.05, 4.69) is 0 Å². The number of halogens is 1. The fourth-order valence-corrected chi connectivity index (χ4v) is 3.38. The molecule has 0 radical (unpaired) electrons. The van der Waals surface area contributed by atoms with Crippen LogP contribution in [0.3, 0.4) is 0 Å². The number of rotatable bonds is 6. The summed E-state index contributed by atoms with van der Waals surface area (Å²) in [5, 5.41) is 0. The largest absolute Gasteiger partial charge is 0.497 e. The lowest BCUT2D eigenvalue weighted by molar-refractivity contribution is 0.0766. The molecule has 4 rings (SSSR count). The minimum atomic E-state index is -0.589. The van der Waals surface area contributed by atoms with Crippen LogP contribution in [0.1, 0.15) is 51.1 Å². The minimum Gasteiger partial charge on any atom is -0.497 e. The first-order valence-electron chi connectivity index (χ1n) is 8.83. The molecule has 0 bridgehead atoms. The van der Waals surface area contributed by atoms with Gasteiger partial charge in [0.2, 0.25) is 0 Å². The number of ether oxygens (including phenoxy) is 1. The highest BCUT2D eigenvalue weighted by Crippen LogP contribution is 2.35. The van der Waals surface area contributed by atoms with E-state index < -0.39 is 5.82 Å². The molecule has 0 saturated heterocycles. The summed E-state index contributed by atoms with van der Waals surface area (Å²) in [5.74, 6) is 0.216. The Morgan fingerprint density at radius 1 is 1.23 bits per heavy atom. The van der Waals surface area contributed by atoms with Crippen molar-refractivity contribution < 1.29 is 18.7 Å². The van der Waals surface area contributed by atoms with Crippen LogP contribution in [-0.4, -0.2) is 23.7 Å². The van der Waals surface area contributed by atoms with E-state index in [-0.39, 0.29) is 17.3 Å². The standard InChI is InChI=1S/C21H20FNO3/c1-26-16-6-4-14(5-7-16)11-23-12-15-9-18(20(24)8-13-2-3-13)19(22)10-17(15)21(23)25/h4-7,9-10,13H,2-3,8,11-12H2,1H3. The molecule has 2 aromatic carbocycles. The van der Waals surface area contributed by atoms with E-state index in [9.17, 15) is 14.0 Å². The number of carbonyl (C=O) groups is 2. The molecule has 4 nitrogen and oxygen atoms in total. The van der Waals surface area contributed by atoms with Crippen LogP contribution in [0.5, 0.6) is 5.75 Å². The van der Waals surface area contributed by atoms with Crippen LogP contribution in [0.25, 0.3) is 0 Å². The zero-order chi connectivity index (χ0) is 18.3. The third-order valence-corrected chi connectivity index (χ3v) is 5.08. The van der Waals surface area contributed by atoms with Gasteiger partial charge in [-0.3, -0.25) is 9.59 Å². The molecule has 1 saturated carbocycles. The van der Waals surface area contributed by atoms with Gasteiger partial charge in [0.05, 0.1) is 12.7 Å². The highest BCUT2D eigenvalue weighted by molar-refractivity contribution is 6.02. The molecule has 2 aromatic rings. The predicted octanol–water partition coefficient (Wildman–Crippen LogP) is 3.97. The smallest absolute Gasteiger partial charge is 0.254 e. The molecule has 1 heterocycles. The molecule has 1 aliphatic heterocycles. The topological polar surface area (TPSA) is 46.6 Å². The Morgan fingerprint density at radius 2 is 1.96 bits per heavy atom. The number of nitrogens with zero attached hydrogens (tertiary/aromatic N) is 1. The van der Waals surface area contributed by atoms with Gasteiger partial charge in [-0.1, -0.05) is 12.1 Å². The predicted molar refractivity (Wildman–Crippen MR) is 94.6 cm³/mol. The molecule has 2 aliphatic rings. The molecule has 0 aromatic heterocycles. The molecular formula is C21H20FNO3. The average molecular weight is 353 g/mol. The lowest BCUT2D eigenvalue weighted by Crippen LogP contribution is -2.23. The zero-order valence-corrected chi connectivity index (χ0v) is 14.6. The van der Waals surface area contributed by atoms with Crippen LogP contribution in [0.15, 0.2) is 36.4 Å². The van der Waals surface area contributed by atoms with Gasteiger partial charge in [0.25, 0.3) is 5.91 Å². The number of carbonyl (C=O) groups excluding carboxylic acids is 2. The van der Waals surface area contributed by atoms with E-state index in [1.54, 1.807) is 18.1 Å². The third-order valence-electron chi connectivity index (χ3n) is 5.08. The summed E-state index contributed by atoms with van der Waals surface area (Å²) in [6.07, 6.45) is 2.50. The van der Waals surface area contributed by atoms with E-state index in [0.29, 0.717) is 31.0 Å². The van der Waals surface area contributed by atoms with E-state index >= 15 is 0 Å². The number of methoxy groups -OCH3 is 1. The van der Waals surface area contributed by atoms with Gasteiger partial charge in [0.15, 0.2) is 5.78 Å². The minimum absolute atomic E-state index is 0.120. The number of amides is 1. The maximum atomic E-state index is 14.4. The molecule has 0 atom stereocenters. The van der Waals surface area contributed by atoms with Crippen molar-refractivity contribution >= 4 is 11.7 Å². The first-order valence-corrected chi connectivity index (χ1v) is 8.83. The van der Waals surface area contributed by atoms with Crippen LogP contribution in [0, 0.1) is 11.7 Å². The summed E-state index contributed by atoms with van der Waals surface area (Å²) < 4.78 is 19.5.